The average molecular weight is 239 g/mol. The standard InChI is InChI=1S/C10H17N5O2/c1-3-17-6-9-14-7(11)4-8(15-9)13-5-10(16)12-2/h4H,3,5-6H2,1-2H3,(H,12,16)(H3,11,13,14,15). The Balaban J connectivity index is 2.65. The van der Waals surface area contributed by atoms with Gasteiger partial charge in [0.15, 0.2) is 5.82 Å². The number of amides is 1. The van der Waals surface area contributed by atoms with Gasteiger partial charge >= 0.3 is 0 Å². The van der Waals surface area contributed by atoms with Crippen molar-refractivity contribution in [3.8, 4) is 0 Å². The molecule has 4 N–H and O–H groups in total. The fourth-order valence-corrected chi connectivity index (χ4v) is 1.13. The number of nitrogens with two attached hydrogens (primary N) is 1. The summed E-state index contributed by atoms with van der Waals surface area (Å²) < 4.78 is 5.19. The molecule has 0 spiro atoms. The molecule has 0 fully saturated rings. The van der Waals surface area contributed by atoms with Gasteiger partial charge in [-0.2, -0.15) is 0 Å². The molecule has 0 aromatic carbocycles. The largest absolute Gasteiger partial charge is 0.384 e. The molecule has 0 bridgehead atoms. The summed E-state index contributed by atoms with van der Waals surface area (Å²) >= 11 is 0. The number of likely N-dealkylation sites (N-methyl/N-ethyl adjacent to an activating group) is 1. The number of ether oxygens (including phenoxy) is 1. The van der Waals surface area contributed by atoms with Crippen LogP contribution in [0.5, 0.6) is 0 Å². The van der Waals surface area contributed by atoms with E-state index in [1.165, 1.54) is 0 Å². The first kappa shape index (κ1) is 13.2. The van der Waals surface area contributed by atoms with Crippen molar-refractivity contribution in [2.24, 2.45) is 0 Å². The maximum absolute atomic E-state index is 11.1. The molecule has 0 aliphatic rings. The van der Waals surface area contributed by atoms with Crippen LogP contribution in [0.3, 0.4) is 0 Å². The third-order valence-electron chi connectivity index (χ3n) is 1.94. The molecule has 0 saturated heterocycles. The van der Waals surface area contributed by atoms with E-state index in [0.29, 0.717) is 30.7 Å². The Morgan fingerprint density at radius 1 is 1.53 bits per heavy atom. The minimum absolute atomic E-state index is 0.131. The fourth-order valence-electron chi connectivity index (χ4n) is 1.13. The van der Waals surface area contributed by atoms with Crippen LogP contribution in [-0.2, 0) is 16.1 Å². The molecule has 1 amide bonds. The molecule has 1 aromatic rings. The lowest BCUT2D eigenvalue weighted by molar-refractivity contribution is -0.118. The van der Waals surface area contributed by atoms with E-state index in [-0.39, 0.29) is 12.5 Å². The minimum atomic E-state index is -0.131. The van der Waals surface area contributed by atoms with E-state index in [2.05, 4.69) is 20.6 Å². The van der Waals surface area contributed by atoms with Gasteiger partial charge < -0.3 is 21.1 Å². The maximum atomic E-state index is 11.1. The van der Waals surface area contributed by atoms with Gasteiger partial charge in [0.2, 0.25) is 5.91 Å². The van der Waals surface area contributed by atoms with Crippen molar-refractivity contribution in [3.63, 3.8) is 0 Å². The van der Waals surface area contributed by atoms with Gasteiger partial charge in [0, 0.05) is 19.7 Å². The molecule has 0 aliphatic heterocycles. The Morgan fingerprint density at radius 3 is 2.94 bits per heavy atom. The van der Waals surface area contributed by atoms with E-state index in [9.17, 15) is 4.79 Å². The molecule has 17 heavy (non-hydrogen) atoms. The molecule has 0 saturated carbocycles. The van der Waals surface area contributed by atoms with Crippen molar-refractivity contribution < 1.29 is 9.53 Å². The van der Waals surface area contributed by atoms with E-state index < -0.39 is 0 Å². The lowest BCUT2D eigenvalue weighted by atomic mass is 10.4. The van der Waals surface area contributed by atoms with E-state index >= 15 is 0 Å². The predicted octanol–water partition coefficient (Wildman–Crippen LogP) is -0.247. The van der Waals surface area contributed by atoms with Gasteiger partial charge in [-0.15, -0.1) is 0 Å². The van der Waals surface area contributed by atoms with Crippen molar-refractivity contribution in [3.05, 3.63) is 11.9 Å². The topological polar surface area (TPSA) is 102 Å². The molecule has 1 aromatic heterocycles. The number of hydrogen-bond acceptors (Lipinski definition) is 6. The molecule has 1 rings (SSSR count). The van der Waals surface area contributed by atoms with Crippen LogP contribution in [0.1, 0.15) is 12.7 Å². The highest BCUT2D eigenvalue weighted by Gasteiger charge is 2.04. The number of aromatic nitrogens is 2. The van der Waals surface area contributed by atoms with Crippen LogP contribution in [0.15, 0.2) is 6.07 Å². The van der Waals surface area contributed by atoms with Gasteiger partial charge in [0.25, 0.3) is 0 Å². The zero-order valence-corrected chi connectivity index (χ0v) is 9.99. The second-order valence-electron chi connectivity index (χ2n) is 3.26. The molecular formula is C10H17N5O2. The average Bonchev–Trinajstić information content (AvgIpc) is 2.32. The smallest absolute Gasteiger partial charge is 0.239 e. The number of nitrogen functional groups attached to an aromatic ring is 1. The molecule has 0 aliphatic carbocycles. The monoisotopic (exact) mass is 239 g/mol. The van der Waals surface area contributed by atoms with Gasteiger partial charge in [-0.1, -0.05) is 0 Å². The number of nitrogens with zero attached hydrogens (tertiary/aromatic N) is 2. The van der Waals surface area contributed by atoms with Crippen LogP contribution >= 0.6 is 0 Å². The molecule has 1 heterocycles. The van der Waals surface area contributed by atoms with E-state index in [0.717, 1.165) is 0 Å². The van der Waals surface area contributed by atoms with E-state index in [1.54, 1.807) is 13.1 Å². The van der Waals surface area contributed by atoms with Gasteiger partial charge in [-0.05, 0) is 6.92 Å². The zero-order chi connectivity index (χ0) is 12.7. The summed E-state index contributed by atoms with van der Waals surface area (Å²) in [6.45, 7) is 2.91. The summed E-state index contributed by atoms with van der Waals surface area (Å²) in [5.41, 5.74) is 5.62. The van der Waals surface area contributed by atoms with Gasteiger partial charge in [0.05, 0.1) is 6.54 Å². The van der Waals surface area contributed by atoms with Crippen LogP contribution in [0.4, 0.5) is 11.6 Å². The predicted molar refractivity (Wildman–Crippen MR) is 64.3 cm³/mol. The number of nitrogens with one attached hydrogen (secondary N) is 2. The molecule has 0 atom stereocenters. The highest BCUT2D eigenvalue weighted by atomic mass is 16.5. The lowest BCUT2D eigenvalue weighted by Gasteiger charge is -2.07. The Bertz CT molecular complexity index is 383. The van der Waals surface area contributed by atoms with Crippen molar-refractivity contribution in [1.29, 1.82) is 0 Å². The van der Waals surface area contributed by atoms with Crippen LogP contribution in [0, 0.1) is 0 Å². The number of rotatable bonds is 6. The minimum Gasteiger partial charge on any atom is -0.384 e. The summed E-state index contributed by atoms with van der Waals surface area (Å²) in [5.74, 6) is 1.21. The Kier molecular flexibility index (Phi) is 5.15. The van der Waals surface area contributed by atoms with E-state index in [4.69, 9.17) is 10.5 Å². The van der Waals surface area contributed by atoms with Crippen molar-refractivity contribution >= 4 is 17.5 Å². The maximum Gasteiger partial charge on any atom is 0.239 e. The molecule has 94 valence electrons. The molecule has 0 unspecified atom stereocenters. The Labute approximate surface area is 99.8 Å². The first-order chi connectivity index (χ1) is 8.15. The quantitative estimate of drug-likeness (QED) is 0.633. The molecule has 7 heteroatoms. The SMILES string of the molecule is CCOCc1nc(N)cc(NCC(=O)NC)n1. The summed E-state index contributed by atoms with van der Waals surface area (Å²) in [5, 5.41) is 5.35. The van der Waals surface area contributed by atoms with Crippen molar-refractivity contribution in [1.82, 2.24) is 15.3 Å². The Morgan fingerprint density at radius 2 is 2.29 bits per heavy atom. The Hall–Kier alpha value is -1.89. The number of carbonyl (C=O) groups excluding carboxylic acids is 1. The summed E-state index contributed by atoms with van der Waals surface area (Å²) in [7, 11) is 1.57. The second-order valence-corrected chi connectivity index (χ2v) is 3.26. The highest BCUT2D eigenvalue weighted by Crippen LogP contribution is 2.08. The lowest BCUT2D eigenvalue weighted by Crippen LogP contribution is -2.26. The van der Waals surface area contributed by atoms with Crippen LogP contribution in [-0.4, -0.2) is 36.1 Å². The normalized spacial score (nSPS) is 10.0. The first-order valence-electron chi connectivity index (χ1n) is 5.31. The third-order valence-corrected chi connectivity index (χ3v) is 1.94. The molecular weight excluding hydrogens is 222 g/mol. The summed E-state index contributed by atoms with van der Waals surface area (Å²) in [4.78, 5) is 19.2. The van der Waals surface area contributed by atoms with Gasteiger partial charge in [0.1, 0.15) is 18.2 Å². The van der Waals surface area contributed by atoms with Crippen molar-refractivity contribution in [2.45, 2.75) is 13.5 Å². The highest BCUT2D eigenvalue weighted by molar-refractivity contribution is 5.80. The summed E-state index contributed by atoms with van der Waals surface area (Å²) in [6, 6.07) is 1.57. The molecule has 0 radical (unpaired) electrons. The van der Waals surface area contributed by atoms with Crippen LogP contribution < -0.4 is 16.4 Å². The van der Waals surface area contributed by atoms with Gasteiger partial charge in [-0.3, -0.25) is 4.79 Å². The first-order valence-corrected chi connectivity index (χ1v) is 5.31. The second kappa shape index (κ2) is 6.64. The molecule has 7 nitrogen and oxygen atoms in total. The number of anilines is 2. The van der Waals surface area contributed by atoms with Crippen molar-refractivity contribution in [2.75, 3.05) is 31.2 Å². The number of hydrogen-bond donors (Lipinski definition) is 3. The fraction of sp³-hybridized carbons (Fsp3) is 0.500. The zero-order valence-electron chi connectivity index (χ0n) is 9.99. The number of carbonyl (C=O) groups is 1. The van der Waals surface area contributed by atoms with Gasteiger partial charge in [-0.25, -0.2) is 9.97 Å². The van der Waals surface area contributed by atoms with E-state index in [1.807, 2.05) is 6.92 Å². The third kappa shape index (κ3) is 4.64. The van der Waals surface area contributed by atoms with Crippen LogP contribution in [0.25, 0.3) is 0 Å². The van der Waals surface area contributed by atoms with Crippen LogP contribution in [0.2, 0.25) is 0 Å². The summed E-state index contributed by atoms with van der Waals surface area (Å²) in [6.07, 6.45) is 0.